The number of benzene rings is 1. The fraction of sp³-hybridized carbons (Fsp3) is 0.412. The highest BCUT2D eigenvalue weighted by molar-refractivity contribution is 5.92. The molecule has 1 aliphatic rings. The van der Waals surface area contributed by atoms with Crippen LogP contribution >= 0.6 is 0 Å². The number of hydrogen-bond donors (Lipinski definition) is 1. The van der Waals surface area contributed by atoms with E-state index >= 15 is 0 Å². The van der Waals surface area contributed by atoms with Crippen LogP contribution < -0.4 is 4.74 Å². The van der Waals surface area contributed by atoms with Crippen molar-refractivity contribution < 1.29 is 23.4 Å². The summed E-state index contributed by atoms with van der Waals surface area (Å²) in [6.07, 6.45) is 0.884. The fourth-order valence-corrected chi connectivity index (χ4v) is 2.71. The first-order valence-electron chi connectivity index (χ1n) is 7.71. The minimum absolute atomic E-state index is 0.169. The van der Waals surface area contributed by atoms with Gasteiger partial charge in [-0.3, -0.25) is 4.79 Å². The lowest BCUT2D eigenvalue weighted by Crippen LogP contribution is -2.57. The van der Waals surface area contributed by atoms with Gasteiger partial charge in [-0.15, -0.1) is 0 Å². The molecule has 3 rings (SSSR count). The van der Waals surface area contributed by atoms with E-state index in [9.17, 15) is 14.3 Å². The Morgan fingerprint density at radius 1 is 1.54 bits per heavy atom. The normalized spacial score (nSPS) is 24.0. The number of aliphatic hydroxyl groups is 1. The van der Waals surface area contributed by atoms with E-state index in [1.165, 1.54) is 24.6 Å². The number of oxazole rings is 1. The van der Waals surface area contributed by atoms with Gasteiger partial charge >= 0.3 is 0 Å². The van der Waals surface area contributed by atoms with Gasteiger partial charge in [0.2, 0.25) is 5.76 Å². The molecule has 24 heavy (non-hydrogen) atoms. The molecule has 1 fully saturated rings. The number of aromatic nitrogens is 1. The largest absolute Gasteiger partial charge is 0.485 e. The number of nitrogens with zero attached hydrogens (tertiary/aromatic N) is 2. The maximum atomic E-state index is 13.3. The second-order valence-electron chi connectivity index (χ2n) is 6.19. The minimum Gasteiger partial charge on any atom is -0.485 e. The van der Waals surface area contributed by atoms with Crippen LogP contribution in [0.15, 0.2) is 35.1 Å². The van der Waals surface area contributed by atoms with Gasteiger partial charge in [0.1, 0.15) is 23.3 Å². The van der Waals surface area contributed by atoms with Gasteiger partial charge in [0.15, 0.2) is 6.39 Å². The molecule has 2 heterocycles. The minimum atomic E-state index is -1.13. The third-order valence-corrected chi connectivity index (χ3v) is 4.27. The van der Waals surface area contributed by atoms with E-state index in [0.717, 1.165) is 0 Å². The van der Waals surface area contributed by atoms with Gasteiger partial charge in [-0.25, -0.2) is 9.37 Å². The highest BCUT2D eigenvalue weighted by Gasteiger charge is 2.41. The summed E-state index contributed by atoms with van der Waals surface area (Å²) in [5.74, 6) is -0.229. The van der Waals surface area contributed by atoms with Crippen molar-refractivity contribution in [3.8, 4) is 5.75 Å². The third-order valence-electron chi connectivity index (χ3n) is 4.27. The Hall–Kier alpha value is -2.41. The Bertz CT molecular complexity index is 744. The van der Waals surface area contributed by atoms with Crippen molar-refractivity contribution in [3.05, 3.63) is 47.9 Å². The molecule has 1 aromatic carbocycles. The first kappa shape index (κ1) is 16.4. The quantitative estimate of drug-likeness (QED) is 0.931. The van der Waals surface area contributed by atoms with Crippen LogP contribution in [0.4, 0.5) is 4.39 Å². The summed E-state index contributed by atoms with van der Waals surface area (Å²) in [5.41, 5.74) is -0.612. The zero-order valence-corrected chi connectivity index (χ0v) is 13.5. The van der Waals surface area contributed by atoms with Gasteiger partial charge in [0.25, 0.3) is 5.91 Å². The summed E-state index contributed by atoms with van der Waals surface area (Å²) < 4.78 is 24.2. The number of ether oxygens (including phenoxy) is 1. The molecule has 1 aromatic heterocycles. The number of rotatable bonds is 3. The third kappa shape index (κ3) is 3.26. The van der Waals surface area contributed by atoms with Gasteiger partial charge in [0.05, 0.1) is 12.2 Å². The van der Waals surface area contributed by atoms with Crippen molar-refractivity contribution in [2.45, 2.75) is 32.0 Å². The molecule has 0 bridgehead atoms. The maximum Gasteiger partial charge on any atom is 0.291 e. The van der Waals surface area contributed by atoms with Crippen LogP contribution in [0, 0.1) is 12.7 Å². The molecule has 2 aromatic rings. The number of carbonyl (C=O) groups is 1. The Morgan fingerprint density at radius 2 is 2.33 bits per heavy atom. The Balaban J connectivity index is 1.77. The molecule has 0 radical (unpaired) electrons. The van der Waals surface area contributed by atoms with Gasteiger partial charge in [0, 0.05) is 12.6 Å². The predicted octanol–water partition coefficient (Wildman–Crippen LogP) is 2.17. The van der Waals surface area contributed by atoms with Crippen LogP contribution in [0.25, 0.3) is 0 Å². The first-order chi connectivity index (χ1) is 11.4. The number of amides is 1. The van der Waals surface area contributed by atoms with Crippen molar-refractivity contribution in [2.75, 3.05) is 13.1 Å². The summed E-state index contributed by atoms with van der Waals surface area (Å²) in [5, 5.41) is 10.6. The fourth-order valence-electron chi connectivity index (χ4n) is 2.71. The summed E-state index contributed by atoms with van der Waals surface area (Å²) in [6, 6.07) is 5.70. The summed E-state index contributed by atoms with van der Waals surface area (Å²) in [7, 11) is 0. The summed E-state index contributed by atoms with van der Waals surface area (Å²) >= 11 is 0. The standard InChI is InChI=1S/C17H19FN2O4/c1-11-15(23-10-19-11)16(21)20-7-6-17(2,22)14(9-20)24-13-5-3-4-12(18)8-13/h3-5,8,10,14,22H,6-7,9H2,1-2H3/t14-,17-/m1/s1. The molecule has 1 aliphatic heterocycles. The predicted molar refractivity (Wildman–Crippen MR) is 83.2 cm³/mol. The van der Waals surface area contributed by atoms with Crippen LogP contribution in [0.1, 0.15) is 29.6 Å². The molecule has 0 aliphatic carbocycles. The van der Waals surface area contributed by atoms with Gasteiger partial charge in [-0.1, -0.05) is 6.07 Å². The smallest absolute Gasteiger partial charge is 0.291 e. The molecular formula is C17H19FN2O4. The number of halogens is 1. The van der Waals surface area contributed by atoms with E-state index in [-0.39, 0.29) is 18.2 Å². The monoisotopic (exact) mass is 334 g/mol. The Morgan fingerprint density at radius 3 is 3.00 bits per heavy atom. The SMILES string of the molecule is Cc1ncoc1C(=O)N1CC[C@@](C)(O)[C@H](Oc2cccc(F)c2)C1. The number of likely N-dealkylation sites (tertiary alicyclic amines) is 1. The second kappa shape index (κ2) is 6.24. The number of aryl methyl sites for hydroxylation is 1. The van der Waals surface area contributed by atoms with Crippen molar-refractivity contribution in [1.29, 1.82) is 0 Å². The lowest BCUT2D eigenvalue weighted by atomic mass is 9.90. The average molecular weight is 334 g/mol. The highest BCUT2D eigenvalue weighted by atomic mass is 19.1. The second-order valence-corrected chi connectivity index (χ2v) is 6.19. The van der Waals surface area contributed by atoms with Crippen molar-refractivity contribution in [1.82, 2.24) is 9.88 Å². The molecule has 1 saturated heterocycles. The molecule has 0 unspecified atom stereocenters. The molecule has 7 heteroatoms. The maximum absolute atomic E-state index is 13.3. The van der Waals surface area contributed by atoms with E-state index in [0.29, 0.717) is 24.4 Å². The van der Waals surface area contributed by atoms with E-state index in [1.54, 1.807) is 24.8 Å². The molecule has 0 spiro atoms. The zero-order chi connectivity index (χ0) is 17.3. The number of hydrogen-bond acceptors (Lipinski definition) is 5. The van der Waals surface area contributed by atoms with Crippen LogP contribution in [0.2, 0.25) is 0 Å². The lowest BCUT2D eigenvalue weighted by Gasteiger charge is -2.42. The summed E-state index contributed by atoms with van der Waals surface area (Å²) in [6.45, 7) is 3.88. The Labute approximate surface area is 138 Å². The van der Waals surface area contributed by atoms with E-state index in [4.69, 9.17) is 9.15 Å². The van der Waals surface area contributed by atoms with Crippen LogP contribution in [-0.2, 0) is 0 Å². The van der Waals surface area contributed by atoms with Gasteiger partial charge in [-0.2, -0.15) is 0 Å². The van der Waals surface area contributed by atoms with Crippen LogP contribution in [0.5, 0.6) is 5.75 Å². The molecule has 1 N–H and O–H groups in total. The van der Waals surface area contributed by atoms with Crippen molar-refractivity contribution in [2.24, 2.45) is 0 Å². The van der Waals surface area contributed by atoms with Crippen molar-refractivity contribution in [3.63, 3.8) is 0 Å². The highest BCUT2D eigenvalue weighted by Crippen LogP contribution is 2.28. The van der Waals surface area contributed by atoms with Crippen LogP contribution in [-0.4, -0.2) is 45.7 Å². The van der Waals surface area contributed by atoms with E-state index in [2.05, 4.69) is 4.98 Å². The lowest BCUT2D eigenvalue weighted by molar-refractivity contribution is -0.0885. The van der Waals surface area contributed by atoms with Crippen LogP contribution in [0.3, 0.4) is 0 Å². The first-order valence-corrected chi connectivity index (χ1v) is 7.71. The van der Waals surface area contributed by atoms with E-state index < -0.39 is 17.5 Å². The molecule has 1 amide bonds. The molecule has 128 valence electrons. The molecule has 0 saturated carbocycles. The molecule has 6 nitrogen and oxygen atoms in total. The van der Waals surface area contributed by atoms with Gasteiger partial charge in [-0.05, 0) is 32.4 Å². The molecular weight excluding hydrogens is 315 g/mol. The average Bonchev–Trinajstić information content (AvgIpc) is 2.95. The number of carbonyl (C=O) groups excluding carboxylic acids is 1. The van der Waals surface area contributed by atoms with E-state index in [1.807, 2.05) is 0 Å². The summed E-state index contributed by atoms with van der Waals surface area (Å²) in [4.78, 5) is 18.0. The van der Waals surface area contributed by atoms with Crippen molar-refractivity contribution >= 4 is 5.91 Å². The van der Waals surface area contributed by atoms with Gasteiger partial charge < -0.3 is 19.2 Å². The topological polar surface area (TPSA) is 75.8 Å². The molecule has 2 atom stereocenters. The Kier molecular flexibility index (Phi) is 4.28. The number of piperidine rings is 1. The zero-order valence-electron chi connectivity index (χ0n) is 13.5.